The van der Waals surface area contributed by atoms with Gasteiger partial charge in [0.25, 0.3) is 0 Å². The van der Waals surface area contributed by atoms with Crippen LogP contribution in [0.3, 0.4) is 0 Å². The van der Waals surface area contributed by atoms with Crippen molar-refractivity contribution in [2.75, 3.05) is 31.1 Å². The van der Waals surface area contributed by atoms with Crippen LogP contribution in [0.25, 0.3) is 0 Å². The molecule has 140 valence electrons. The minimum Gasteiger partial charge on any atom is -0.382 e. The Labute approximate surface area is 150 Å². The molecule has 3 rings (SSSR count). The number of aliphatic hydroxyl groups excluding tert-OH is 1. The molecule has 1 fully saturated rings. The first kappa shape index (κ1) is 18.4. The molecule has 0 amide bonds. The monoisotopic (exact) mass is 367 g/mol. The van der Waals surface area contributed by atoms with E-state index >= 15 is 0 Å². The van der Waals surface area contributed by atoms with Crippen LogP contribution in [0.1, 0.15) is 35.9 Å². The molecule has 0 radical (unpaired) electrons. The Kier molecular flexibility index (Phi) is 5.50. The van der Waals surface area contributed by atoms with Gasteiger partial charge in [-0.25, -0.2) is 10.0 Å². The number of aromatic nitrogens is 5. The Balaban J connectivity index is 1.58. The van der Waals surface area contributed by atoms with Crippen LogP contribution in [-0.4, -0.2) is 61.0 Å². The number of nitrogens with zero attached hydrogens (tertiary/aromatic N) is 5. The van der Waals surface area contributed by atoms with Gasteiger partial charge in [0.05, 0.1) is 18.5 Å². The highest BCUT2D eigenvalue weighted by molar-refractivity contribution is 8.32. The van der Waals surface area contributed by atoms with E-state index in [1.165, 1.54) is 17.6 Å². The summed E-state index contributed by atoms with van der Waals surface area (Å²) in [4.78, 5) is 1.51. The lowest BCUT2D eigenvalue weighted by Crippen LogP contribution is -2.12. The molecule has 25 heavy (non-hydrogen) atoms. The highest BCUT2D eigenvalue weighted by Gasteiger charge is 2.24. The Hall–Kier alpha value is -1.38. The third-order valence-corrected chi connectivity index (χ3v) is 5.67. The summed E-state index contributed by atoms with van der Waals surface area (Å²) in [6.07, 6.45) is 12.2. The largest absolute Gasteiger partial charge is 0.382 e. The zero-order valence-corrected chi connectivity index (χ0v) is 16.4. The van der Waals surface area contributed by atoms with E-state index in [1.807, 2.05) is 17.8 Å². The second-order valence-corrected chi connectivity index (χ2v) is 12.3. The number of aryl methyl sites for hydroxylation is 1. The summed E-state index contributed by atoms with van der Waals surface area (Å²) in [6.45, 7) is 3.80. The third kappa shape index (κ3) is 5.29. The predicted molar refractivity (Wildman–Crippen MR) is 100.0 cm³/mol. The molecule has 2 aromatic heterocycles. The van der Waals surface area contributed by atoms with Crippen molar-refractivity contribution in [2.45, 2.75) is 39.1 Å². The van der Waals surface area contributed by atoms with Gasteiger partial charge in [-0.05, 0) is 44.5 Å². The Morgan fingerprint density at radius 2 is 2.08 bits per heavy atom. The van der Waals surface area contributed by atoms with E-state index in [2.05, 4.69) is 34.1 Å². The summed E-state index contributed by atoms with van der Waals surface area (Å²) in [6, 6.07) is 0. The van der Waals surface area contributed by atoms with E-state index < -0.39 is 16.1 Å². The molecule has 1 saturated carbocycles. The zero-order valence-electron chi connectivity index (χ0n) is 15.6. The molecule has 0 spiro atoms. The van der Waals surface area contributed by atoms with Crippen molar-refractivity contribution in [2.24, 2.45) is 5.92 Å². The molecule has 0 aliphatic heterocycles. The molecule has 1 unspecified atom stereocenters. The molecule has 0 saturated heterocycles. The Morgan fingerprint density at radius 3 is 2.76 bits per heavy atom. The van der Waals surface area contributed by atoms with Gasteiger partial charge in [0, 0.05) is 24.1 Å². The van der Waals surface area contributed by atoms with Gasteiger partial charge in [-0.1, -0.05) is 0 Å². The topological polar surface area (TPSA) is 78.0 Å². The average Bonchev–Trinajstić information content (AvgIpc) is 3.07. The van der Waals surface area contributed by atoms with Crippen LogP contribution in [0.15, 0.2) is 12.4 Å². The molecule has 2 aromatic rings. The highest BCUT2D eigenvalue weighted by atomic mass is 32.3. The minimum absolute atomic E-state index is 0.310. The van der Waals surface area contributed by atoms with E-state index in [0.717, 1.165) is 23.8 Å². The van der Waals surface area contributed by atoms with Crippen molar-refractivity contribution in [3.05, 3.63) is 29.3 Å². The first-order chi connectivity index (χ1) is 11.8. The van der Waals surface area contributed by atoms with Crippen LogP contribution in [0.2, 0.25) is 0 Å². The lowest BCUT2D eigenvalue weighted by atomic mass is 10.1. The summed E-state index contributed by atoms with van der Waals surface area (Å²) >= 11 is 0. The van der Waals surface area contributed by atoms with E-state index in [4.69, 9.17) is 4.74 Å². The highest BCUT2D eigenvalue weighted by Crippen LogP contribution is 2.33. The van der Waals surface area contributed by atoms with Gasteiger partial charge in [-0.15, -0.1) is 0 Å². The zero-order chi connectivity index (χ0) is 18.0. The maximum Gasteiger partial charge on any atom is 0.158 e. The molecule has 1 aliphatic rings. The quantitative estimate of drug-likeness (QED) is 0.685. The summed E-state index contributed by atoms with van der Waals surface area (Å²) in [7, 11) is -0.557. The van der Waals surface area contributed by atoms with Crippen molar-refractivity contribution < 1.29 is 9.84 Å². The molecule has 7 nitrogen and oxygen atoms in total. The fourth-order valence-corrected chi connectivity index (χ4v) is 3.17. The Morgan fingerprint density at radius 1 is 1.32 bits per heavy atom. The standard InChI is InChI=1S/C17H29N5O2S/c1-13-16(20-22(19-13)12-24-7-8-25(2,3)4)17(23)15-9-18-21(11-15)10-14-5-6-14/h9,11,14,17,23H,5-8,10,12H2,1-4H3. The minimum atomic E-state index is -0.805. The molecule has 1 N–H and O–H groups in total. The van der Waals surface area contributed by atoms with E-state index in [1.54, 1.807) is 6.20 Å². The first-order valence-electron chi connectivity index (χ1n) is 8.67. The van der Waals surface area contributed by atoms with Crippen molar-refractivity contribution in [1.29, 1.82) is 0 Å². The summed E-state index contributed by atoms with van der Waals surface area (Å²) in [5, 5.41) is 23.7. The molecule has 0 aromatic carbocycles. The van der Waals surface area contributed by atoms with Crippen molar-refractivity contribution in [3.8, 4) is 0 Å². The lowest BCUT2D eigenvalue weighted by Gasteiger charge is -2.24. The smallest absolute Gasteiger partial charge is 0.158 e. The van der Waals surface area contributed by atoms with E-state index in [0.29, 0.717) is 24.7 Å². The van der Waals surface area contributed by atoms with Crippen LogP contribution < -0.4 is 0 Å². The number of rotatable bonds is 9. The SMILES string of the molecule is Cc1nn(COCCS(C)(C)C)nc1C(O)c1cnn(CC2CC2)c1. The maximum atomic E-state index is 10.6. The number of ether oxygens (including phenoxy) is 1. The lowest BCUT2D eigenvalue weighted by molar-refractivity contribution is 0.0696. The van der Waals surface area contributed by atoms with Crippen LogP contribution in [0, 0.1) is 12.8 Å². The fourth-order valence-electron chi connectivity index (χ4n) is 2.55. The second kappa shape index (κ2) is 7.47. The number of aliphatic hydroxyl groups is 1. The average molecular weight is 368 g/mol. The molecule has 8 heteroatoms. The fraction of sp³-hybridized carbons (Fsp3) is 0.706. The molecular formula is C17H29N5O2S. The van der Waals surface area contributed by atoms with E-state index in [9.17, 15) is 5.11 Å². The number of hydrogen-bond donors (Lipinski definition) is 1. The van der Waals surface area contributed by atoms with Gasteiger partial charge in [-0.3, -0.25) is 4.68 Å². The van der Waals surface area contributed by atoms with Crippen molar-refractivity contribution >= 4 is 10.0 Å². The van der Waals surface area contributed by atoms with Crippen molar-refractivity contribution in [3.63, 3.8) is 0 Å². The molecular weight excluding hydrogens is 338 g/mol. The Bertz CT molecular complexity index is 702. The third-order valence-electron chi connectivity index (χ3n) is 4.28. The van der Waals surface area contributed by atoms with Gasteiger partial charge in [-0.2, -0.15) is 20.1 Å². The number of hydrogen-bond acceptors (Lipinski definition) is 5. The van der Waals surface area contributed by atoms with Crippen LogP contribution in [0.5, 0.6) is 0 Å². The predicted octanol–water partition coefficient (Wildman–Crippen LogP) is 1.94. The van der Waals surface area contributed by atoms with Crippen LogP contribution in [0.4, 0.5) is 0 Å². The summed E-state index contributed by atoms with van der Waals surface area (Å²) in [5.74, 6) is 1.81. The summed E-state index contributed by atoms with van der Waals surface area (Å²) < 4.78 is 7.58. The van der Waals surface area contributed by atoms with Gasteiger partial charge < -0.3 is 9.84 Å². The van der Waals surface area contributed by atoms with Crippen molar-refractivity contribution in [1.82, 2.24) is 24.8 Å². The normalized spacial score (nSPS) is 17.0. The maximum absolute atomic E-state index is 10.6. The van der Waals surface area contributed by atoms with Crippen LogP contribution in [-0.2, 0) is 18.0 Å². The van der Waals surface area contributed by atoms with Gasteiger partial charge in [0.15, 0.2) is 6.73 Å². The van der Waals surface area contributed by atoms with Crippen LogP contribution >= 0.6 is 10.0 Å². The molecule has 0 bridgehead atoms. The first-order valence-corrected chi connectivity index (χ1v) is 11.7. The molecule has 2 heterocycles. The molecule has 1 atom stereocenters. The van der Waals surface area contributed by atoms with Gasteiger partial charge in [0.2, 0.25) is 0 Å². The van der Waals surface area contributed by atoms with Gasteiger partial charge >= 0.3 is 0 Å². The second-order valence-electron chi connectivity index (χ2n) is 7.72. The molecule has 1 aliphatic carbocycles. The van der Waals surface area contributed by atoms with Gasteiger partial charge in [0.1, 0.15) is 11.8 Å². The summed E-state index contributed by atoms with van der Waals surface area (Å²) in [5.41, 5.74) is 2.04. The van der Waals surface area contributed by atoms with E-state index in [-0.39, 0.29) is 0 Å².